The van der Waals surface area contributed by atoms with E-state index in [1.807, 2.05) is 0 Å². The van der Waals surface area contributed by atoms with Crippen molar-refractivity contribution >= 4 is 51.8 Å². The minimum Gasteiger partial charge on any atom is -0.307 e. The number of urea groups is 1. The summed E-state index contributed by atoms with van der Waals surface area (Å²) in [5.74, 6) is -0.890. The Hall–Kier alpha value is -3.49. The molecule has 2 N–H and O–H groups in total. The van der Waals surface area contributed by atoms with Crippen LogP contribution in [-0.4, -0.2) is 22.1 Å². The first kappa shape index (κ1) is 20.8. The van der Waals surface area contributed by atoms with E-state index >= 15 is 0 Å². The Labute approximate surface area is 185 Å². The summed E-state index contributed by atoms with van der Waals surface area (Å²) in [6.45, 7) is 1.72. The fourth-order valence-electron chi connectivity index (χ4n) is 3.26. The van der Waals surface area contributed by atoms with Gasteiger partial charge in [0, 0.05) is 10.7 Å². The van der Waals surface area contributed by atoms with Crippen LogP contribution in [-0.2, 0) is 11.0 Å². The van der Waals surface area contributed by atoms with Crippen LogP contribution in [0.1, 0.15) is 26.3 Å². The monoisotopic (exact) mass is 453 g/mol. The van der Waals surface area contributed by atoms with Crippen LogP contribution >= 0.6 is 11.6 Å². The molecule has 0 aromatic heterocycles. The number of carbonyl (C=O) groups is 3. The summed E-state index contributed by atoms with van der Waals surface area (Å²) in [4.78, 5) is 39.2. The number of imide groups is 1. The molecule has 4 amide bonds. The second-order valence-electron chi connectivity index (χ2n) is 6.77. The van der Waals surface area contributed by atoms with Gasteiger partial charge in [-0.1, -0.05) is 29.8 Å². The molecule has 0 saturated heterocycles. The Kier molecular flexibility index (Phi) is 5.58. The summed E-state index contributed by atoms with van der Waals surface area (Å²) in [6.07, 6.45) is 0. The highest BCUT2D eigenvalue weighted by molar-refractivity contribution is 7.83. The third-order valence-corrected chi connectivity index (χ3v) is 5.99. The predicted molar refractivity (Wildman–Crippen MR) is 119 cm³/mol. The molecule has 0 fully saturated rings. The molecule has 0 aliphatic carbocycles. The van der Waals surface area contributed by atoms with Crippen LogP contribution in [0.15, 0.2) is 71.6 Å². The lowest BCUT2D eigenvalue weighted by Crippen LogP contribution is -2.31. The smallest absolute Gasteiger partial charge is 0.307 e. The van der Waals surface area contributed by atoms with E-state index in [9.17, 15) is 18.6 Å². The topological polar surface area (TPSA) is 95.6 Å². The molecule has 3 aromatic rings. The molecular weight excluding hydrogens is 438 g/mol. The van der Waals surface area contributed by atoms with E-state index in [-0.39, 0.29) is 5.56 Å². The number of fused-ring (bicyclic) bond motifs is 1. The maximum absolute atomic E-state index is 12.8. The number of rotatable bonds is 4. The highest BCUT2D eigenvalue weighted by Gasteiger charge is 2.37. The number of carbonyl (C=O) groups excluding carboxylic acids is 3. The molecule has 0 bridgehead atoms. The number of hydrogen-bond donors (Lipinski definition) is 2. The van der Waals surface area contributed by atoms with Gasteiger partial charge in [0.2, 0.25) is 0 Å². The van der Waals surface area contributed by atoms with Gasteiger partial charge in [-0.25, -0.2) is 13.9 Å². The number of halogens is 1. The van der Waals surface area contributed by atoms with Crippen molar-refractivity contribution in [2.24, 2.45) is 0 Å². The third-order valence-electron chi connectivity index (χ3n) is 4.69. The molecule has 0 radical (unpaired) electrons. The van der Waals surface area contributed by atoms with Gasteiger partial charge in [0.25, 0.3) is 11.8 Å². The SMILES string of the molecule is Cc1cc(NC(=O)NS(=O)c2ccccc2)ccc1N1C(=O)c2ccc(Cl)cc2C1=O. The van der Waals surface area contributed by atoms with Gasteiger partial charge < -0.3 is 5.32 Å². The number of hydrogen-bond acceptors (Lipinski definition) is 4. The molecule has 1 unspecified atom stereocenters. The molecule has 0 spiro atoms. The lowest BCUT2D eigenvalue weighted by atomic mass is 10.1. The van der Waals surface area contributed by atoms with Gasteiger partial charge in [-0.2, -0.15) is 0 Å². The fourth-order valence-corrected chi connectivity index (χ4v) is 4.17. The Morgan fingerprint density at radius 2 is 1.65 bits per heavy atom. The minimum atomic E-state index is -1.70. The van der Waals surface area contributed by atoms with Crippen molar-refractivity contribution in [3.05, 3.63) is 88.4 Å². The molecule has 3 aromatic carbocycles. The maximum Gasteiger partial charge on any atom is 0.331 e. The molecular formula is C22H16ClN3O4S. The van der Waals surface area contributed by atoms with Crippen LogP contribution in [0, 0.1) is 6.92 Å². The van der Waals surface area contributed by atoms with Gasteiger partial charge in [-0.3, -0.25) is 14.3 Å². The Morgan fingerprint density at radius 3 is 2.35 bits per heavy atom. The maximum atomic E-state index is 12.8. The van der Waals surface area contributed by atoms with E-state index in [1.165, 1.54) is 12.1 Å². The zero-order valence-electron chi connectivity index (χ0n) is 16.2. The van der Waals surface area contributed by atoms with Gasteiger partial charge in [0.15, 0.2) is 11.0 Å². The second-order valence-corrected chi connectivity index (χ2v) is 8.42. The Bertz CT molecular complexity index is 1250. The molecule has 1 atom stereocenters. The van der Waals surface area contributed by atoms with Crippen molar-refractivity contribution in [1.29, 1.82) is 0 Å². The zero-order valence-corrected chi connectivity index (χ0v) is 17.8. The number of nitrogens with one attached hydrogen (secondary N) is 2. The molecule has 7 nitrogen and oxygen atoms in total. The van der Waals surface area contributed by atoms with E-state index in [0.717, 1.165) is 4.90 Å². The first-order valence-corrected chi connectivity index (χ1v) is 10.7. The van der Waals surface area contributed by atoms with Crippen molar-refractivity contribution in [3.63, 3.8) is 0 Å². The number of aryl methyl sites for hydroxylation is 1. The molecule has 1 heterocycles. The first-order valence-electron chi connectivity index (χ1n) is 9.18. The van der Waals surface area contributed by atoms with Crippen LogP contribution in [0.5, 0.6) is 0 Å². The van der Waals surface area contributed by atoms with E-state index < -0.39 is 28.8 Å². The summed E-state index contributed by atoms with van der Waals surface area (Å²) < 4.78 is 14.5. The van der Waals surface area contributed by atoms with E-state index in [0.29, 0.717) is 32.4 Å². The summed E-state index contributed by atoms with van der Waals surface area (Å²) in [5, 5.41) is 2.97. The summed E-state index contributed by atoms with van der Waals surface area (Å²) >= 11 is 5.96. The predicted octanol–water partition coefficient (Wildman–Crippen LogP) is 4.29. The number of nitrogens with zero attached hydrogens (tertiary/aromatic N) is 1. The Balaban J connectivity index is 1.50. The van der Waals surface area contributed by atoms with E-state index in [4.69, 9.17) is 11.6 Å². The normalized spacial score (nSPS) is 13.7. The summed E-state index contributed by atoms with van der Waals surface area (Å²) in [7, 11) is -1.70. The van der Waals surface area contributed by atoms with E-state index in [2.05, 4.69) is 10.0 Å². The highest BCUT2D eigenvalue weighted by atomic mass is 35.5. The quantitative estimate of drug-likeness (QED) is 0.576. The van der Waals surface area contributed by atoms with Gasteiger partial charge in [0.1, 0.15) is 0 Å². The highest BCUT2D eigenvalue weighted by Crippen LogP contribution is 2.33. The molecule has 1 aliphatic rings. The fraction of sp³-hybridized carbons (Fsp3) is 0.0455. The Morgan fingerprint density at radius 1 is 0.935 bits per heavy atom. The molecule has 156 valence electrons. The lowest BCUT2D eigenvalue weighted by molar-refractivity contribution is 0.0926. The molecule has 9 heteroatoms. The van der Waals surface area contributed by atoms with Crippen molar-refractivity contribution in [1.82, 2.24) is 4.72 Å². The van der Waals surface area contributed by atoms with Gasteiger partial charge >= 0.3 is 6.03 Å². The average molecular weight is 454 g/mol. The summed E-state index contributed by atoms with van der Waals surface area (Å²) in [6, 6.07) is 17.2. The minimum absolute atomic E-state index is 0.252. The molecule has 31 heavy (non-hydrogen) atoms. The van der Waals surface area contributed by atoms with Crippen LogP contribution in [0.4, 0.5) is 16.2 Å². The number of benzene rings is 3. The number of amides is 4. The summed E-state index contributed by atoms with van der Waals surface area (Å²) in [5.41, 5.74) is 1.97. The molecule has 1 aliphatic heterocycles. The number of anilines is 2. The van der Waals surface area contributed by atoms with Crippen molar-refractivity contribution in [3.8, 4) is 0 Å². The van der Waals surface area contributed by atoms with Crippen molar-refractivity contribution in [2.45, 2.75) is 11.8 Å². The largest absolute Gasteiger partial charge is 0.331 e. The molecule has 0 saturated carbocycles. The van der Waals surface area contributed by atoms with E-state index in [1.54, 1.807) is 61.5 Å². The standard InChI is InChI=1S/C22H16ClN3O4S/c1-13-11-15(24-22(29)25-31(30)16-5-3-2-4-6-16)8-10-19(13)26-20(27)17-9-7-14(23)12-18(17)21(26)28/h2-12H,1H3,(H2,24,25,29). The van der Waals surface area contributed by atoms with Crippen LogP contribution in [0.3, 0.4) is 0 Å². The van der Waals surface area contributed by atoms with Gasteiger partial charge in [-0.05, 0) is 61.0 Å². The third kappa shape index (κ3) is 4.08. The second kappa shape index (κ2) is 8.33. The first-order chi connectivity index (χ1) is 14.8. The lowest BCUT2D eigenvalue weighted by Gasteiger charge is -2.17. The van der Waals surface area contributed by atoms with Crippen molar-refractivity contribution < 1.29 is 18.6 Å². The van der Waals surface area contributed by atoms with Gasteiger partial charge in [-0.15, -0.1) is 0 Å². The van der Waals surface area contributed by atoms with Crippen molar-refractivity contribution in [2.75, 3.05) is 10.2 Å². The average Bonchev–Trinajstić information content (AvgIpc) is 2.98. The van der Waals surface area contributed by atoms with Crippen LogP contribution < -0.4 is 14.9 Å². The molecule has 4 rings (SSSR count). The zero-order chi connectivity index (χ0) is 22.1. The van der Waals surface area contributed by atoms with Crippen LogP contribution in [0.25, 0.3) is 0 Å². The van der Waals surface area contributed by atoms with Crippen LogP contribution in [0.2, 0.25) is 5.02 Å². The van der Waals surface area contributed by atoms with Gasteiger partial charge in [0.05, 0.1) is 21.7 Å².